The molecule has 1 aliphatic rings. The Kier molecular flexibility index (Phi) is 4.25. The predicted molar refractivity (Wildman–Crippen MR) is 64.0 cm³/mol. The van der Waals surface area contributed by atoms with Gasteiger partial charge in [-0.1, -0.05) is 6.92 Å². The van der Waals surface area contributed by atoms with Crippen LogP contribution >= 0.6 is 0 Å². The molecule has 16 heavy (non-hydrogen) atoms. The van der Waals surface area contributed by atoms with Crippen LogP contribution < -0.4 is 5.32 Å². The largest absolute Gasteiger partial charge is 0.315 e. The van der Waals surface area contributed by atoms with Gasteiger partial charge in [-0.05, 0) is 25.9 Å². The smallest absolute Gasteiger partial charge is 0.0726 e. The highest BCUT2D eigenvalue weighted by atomic mass is 15.2. The second-order valence-electron chi connectivity index (χ2n) is 4.26. The van der Waals surface area contributed by atoms with Crippen LogP contribution in [-0.2, 0) is 6.54 Å². The lowest BCUT2D eigenvalue weighted by atomic mass is 10.1. The summed E-state index contributed by atoms with van der Waals surface area (Å²) < 4.78 is 0. The van der Waals surface area contributed by atoms with E-state index in [1.807, 2.05) is 6.20 Å². The summed E-state index contributed by atoms with van der Waals surface area (Å²) in [6.45, 7) is 6.47. The summed E-state index contributed by atoms with van der Waals surface area (Å²) in [6.07, 6.45) is 7.92. The molecule has 0 aromatic carbocycles. The van der Waals surface area contributed by atoms with E-state index in [0.717, 1.165) is 25.3 Å². The lowest BCUT2D eigenvalue weighted by Crippen LogP contribution is -2.45. The van der Waals surface area contributed by atoms with E-state index in [1.165, 1.54) is 19.4 Å². The zero-order chi connectivity index (χ0) is 11.2. The third-order valence-corrected chi connectivity index (χ3v) is 3.18. The molecule has 0 amide bonds. The first-order valence-electron chi connectivity index (χ1n) is 6.10. The molecule has 1 saturated heterocycles. The van der Waals surface area contributed by atoms with Gasteiger partial charge in [0.25, 0.3) is 0 Å². The van der Waals surface area contributed by atoms with Gasteiger partial charge in [0.05, 0.1) is 5.69 Å². The van der Waals surface area contributed by atoms with Crippen molar-refractivity contribution in [2.45, 2.75) is 32.4 Å². The SMILES string of the molecule is CCN(Cc1cnccn1)C1CCCNC1. The minimum absolute atomic E-state index is 0.653. The Morgan fingerprint density at radius 3 is 3.06 bits per heavy atom. The molecule has 1 N–H and O–H groups in total. The predicted octanol–water partition coefficient (Wildman–Crippen LogP) is 1.05. The number of hydrogen-bond donors (Lipinski definition) is 1. The van der Waals surface area contributed by atoms with Crippen molar-refractivity contribution >= 4 is 0 Å². The number of nitrogens with zero attached hydrogens (tertiary/aromatic N) is 3. The molecule has 0 spiro atoms. The fraction of sp³-hybridized carbons (Fsp3) is 0.667. The van der Waals surface area contributed by atoms with Crippen LogP contribution in [0.5, 0.6) is 0 Å². The fourth-order valence-corrected chi connectivity index (χ4v) is 2.26. The van der Waals surface area contributed by atoms with Crippen molar-refractivity contribution in [1.82, 2.24) is 20.2 Å². The third-order valence-electron chi connectivity index (χ3n) is 3.18. The van der Waals surface area contributed by atoms with E-state index in [0.29, 0.717) is 6.04 Å². The number of likely N-dealkylation sites (N-methyl/N-ethyl adjacent to an activating group) is 1. The summed E-state index contributed by atoms with van der Waals surface area (Å²) in [5.41, 5.74) is 1.06. The highest BCUT2D eigenvalue weighted by Gasteiger charge is 2.19. The fourth-order valence-electron chi connectivity index (χ4n) is 2.26. The molecular weight excluding hydrogens is 200 g/mol. The van der Waals surface area contributed by atoms with Crippen molar-refractivity contribution in [2.24, 2.45) is 0 Å². The molecule has 1 atom stereocenters. The normalized spacial score (nSPS) is 21.2. The first-order valence-corrected chi connectivity index (χ1v) is 6.10. The summed E-state index contributed by atoms with van der Waals surface area (Å²) in [4.78, 5) is 10.9. The second-order valence-corrected chi connectivity index (χ2v) is 4.26. The zero-order valence-electron chi connectivity index (χ0n) is 9.89. The maximum Gasteiger partial charge on any atom is 0.0726 e. The minimum atomic E-state index is 0.653. The minimum Gasteiger partial charge on any atom is -0.315 e. The van der Waals surface area contributed by atoms with E-state index < -0.39 is 0 Å². The third kappa shape index (κ3) is 3.00. The highest BCUT2D eigenvalue weighted by molar-refractivity contribution is 4.95. The molecule has 4 nitrogen and oxygen atoms in total. The van der Waals surface area contributed by atoms with E-state index in [2.05, 4.69) is 27.1 Å². The van der Waals surface area contributed by atoms with Gasteiger partial charge < -0.3 is 5.32 Å². The molecule has 1 aromatic rings. The van der Waals surface area contributed by atoms with Crippen LogP contribution in [-0.4, -0.2) is 40.5 Å². The Balaban J connectivity index is 1.94. The maximum atomic E-state index is 4.34. The average molecular weight is 220 g/mol. The summed E-state index contributed by atoms with van der Waals surface area (Å²) in [7, 11) is 0. The van der Waals surface area contributed by atoms with Gasteiger partial charge in [0.2, 0.25) is 0 Å². The number of hydrogen-bond acceptors (Lipinski definition) is 4. The topological polar surface area (TPSA) is 41.1 Å². The van der Waals surface area contributed by atoms with Crippen molar-refractivity contribution in [3.8, 4) is 0 Å². The molecular formula is C12H20N4. The van der Waals surface area contributed by atoms with Crippen LogP contribution in [0.2, 0.25) is 0 Å². The van der Waals surface area contributed by atoms with E-state index in [1.54, 1.807) is 12.4 Å². The first-order chi connectivity index (χ1) is 7.90. The van der Waals surface area contributed by atoms with Gasteiger partial charge in [0.15, 0.2) is 0 Å². The summed E-state index contributed by atoms with van der Waals surface area (Å²) in [5.74, 6) is 0. The molecule has 4 heteroatoms. The first kappa shape index (κ1) is 11.5. The zero-order valence-corrected chi connectivity index (χ0v) is 9.89. The van der Waals surface area contributed by atoms with Gasteiger partial charge in [-0.3, -0.25) is 14.9 Å². The standard InChI is InChI=1S/C12H20N4/c1-2-16(12-4-3-5-13-9-12)10-11-8-14-6-7-15-11/h6-8,12-13H,2-5,9-10H2,1H3. The number of rotatable bonds is 4. The number of piperidine rings is 1. The van der Waals surface area contributed by atoms with Crippen molar-refractivity contribution in [3.05, 3.63) is 24.3 Å². The Morgan fingerprint density at radius 2 is 2.44 bits per heavy atom. The Hall–Kier alpha value is -1.00. The van der Waals surface area contributed by atoms with Crippen LogP contribution in [0.1, 0.15) is 25.5 Å². The molecule has 2 heterocycles. The number of nitrogens with one attached hydrogen (secondary N) is 1. The average Bonchev–Trinajstić information content (AvgIpc) is 2.38. The van der Waals surface area contributed by atoms with Crippen LogP contribution in [0.25, 0.3) is 0 Å². The van der Waals surface area contributed by atoms with E-state index in [4.69, 9.17) is 0 Å². The van der Waals surface area contributed by atoms with Gasteiger partial charge in [0.1, 0.15) is 0 Å². The molecule has 1 aromatic heterocycles. The van der Waals surface area contributed by atoms with Gasteiger partial charge in [0, 0.05) is 37.7 Å². The molecule has 0 saturated carbocycles. The van der Waals surface area contributed by atoms with Crippen molar-refractivity contribution in [3.63, 3.8) is 0 Å². The lowest BCUT2D eigenvalue weighted by Gasteiger charge is -2.33. The monoisotopic (exact) mass is 220 g/mol. The summed E-state index contributed by atoms with van der Waals surface area (Å²) in [6, 6.07) is 0.653. The van der Waals surface area contributed by atoms with Crippen molar-refractivity contribution < 1.29 is 0 Å². The second kappa shape index (κ2) is 5.92. The number of aromatic nitrogens is 2. The van der Waals surface area contributed by atoms with Gasteiger partial charge in [-0.2, -0.15) is 0 Å². The van der Waals surface area contributed by atoms with Gasteiger partial charge in [-0.25, -0.2) is 0 Å². The molecule has 2 rings (SSSR count). The van der Waals surface area contributed by atoms with E-state index in [-0.39, 0.29) is 0 Å². The summed E-state index contributed by atoms with van der Waals surface area (Å²) >= 11 is 0. The lowest BCUT2D eigenvalue weighted by molar-refractivity contribution is 0.164. The van der Waals surface area contributed by atoms with Crippen LogP contribution in [0.15, 0.2) is 18.6 Å². The Morgan fingerprint density at radius 1 is 1.50 bits per heavy atom. The molecule has 0 bridgehead atoms. The van der Waals surface area contributed by atoms with Crippen LogP contribution in [0.3, 0.4) is 0 Å². The van der Waals surface area contributed by atoms with Crippen LogP contribution in [0, 0.1) is 0 Å². The molecule has 1 fully saturated rings. The van der Waals surface area contributed by atoms with E-state index in [9.17, 15) is 0 Å². The molecule has 1 unspecified atom stereocenters. The maximum absolute atomic E-state index is 4.34. The van der Waals surface area contributed by atoms with E-state index >= 15 is 0 Å². The van der Waals surface area contributed by atoms with Gasteiger partial charge >= 0.3 is 0 Å². The molecule has 0 aliphatic carbocycles. The van der Waals surface area contributed by atoms with Gasteiger partial charge in [-0.15, -0.1) is 0 Å². The Labute approximate surface area is 97.1 Å². The van der Waals surface area contributed by atoms with Crippen LogP contribution in [0.4, 0.5) is 0 Å². The quantitative estimate of drug-likeness (QED) is 0.823. The highest BCUT2D eigenvalue weighted by Crippen LogP contribution is 2.12. The molecule has 88 valence electrons. The summed E-state index contributed by atoms with van der Waals surface area (Å²) in [5, 5.41) is 3.46. The molecule has 1 aliphatic heterocycles. The van der Waals surface area contributed by atoms with Crippen molar-refractivity contribution in [1.29, 1.82) is 0 Å². The molecule has 0 radical (unpaired) electrons. The Bertz CT molecular complexity index is 295. The van der Waals surface area contributed by atoms with Crippen molar-refractivity contribution in [2.75, 3.05) is 19.6 Å².